The van der Waals surface area contributed by atoms with E-state index in [1.54, 1.807) is 13.8 Å². The number of anilines is 3. The van der Waals surface area contributed by atoms with Gasteiger partial charge in [0.15, 0.2) is 12.4 Å². The third-order valence-electron chi connectivity index (χ3n) is 6.67. The molecule has 0 fully saturated rings. The van der Waals surface area contributed by atoms with E-state index in [9.17, 15) is 23.4 Å². The minimum Gasteiger partial charge on any atom is -0.778 e. The van der Waals surface area contributed by atoms with E-state index in [2.05, 4.69) is 79.6 Å². The number of nitriles is 1. The van der Waals surface area contributed by atoms with Crippen LogP contribution < -0.4 is 35.3 Å². The lowest BCUT2D eigenvalue weighted by Gasteiger charge is -2.28. The molecule has 0 aliphatic carbocycles. The minimum absolute atomic E-state index is 0.0854. The highest BCUT2D eigenvalue weighted by Gasteiger charge is 2.31. The summed E-state index contributed by atoms with van der Waals surface area (Å²) >= 11 is 6.97. The number of fused-ring (bicyclic) bond motifs is 2. The van der Waals surface area contributed by atoms with E-state index < -0.39 is 37.8 Å². The van der Waals surface area contributed by atoms with Gasteiger partial charge >= 0.3 is 5.97 Å². The third-order valence-corrected chi connectivity index (χ3v) is 8.24. The van der Waals surface area contributed by atoms with Crippen LogP contribution in [0.3, 0.4) is 0 Å². The molecule has 2 aliphatic rings. The molecule has 56 heavy (non-hydrogen) atoms. The monoisotopic (exact) mass is 857 g/mol. The molecular formula is C33H46ClFN11O7PS2. The fraction of sp³-hybridized carbons (Fsp3) is 0.515. The molecule has 18 nitrogen and oxygen atoms in total. The number of terminal acetylenes is 1. The Morgan fingerprint density at radius 3 is 2.50 bits per heavy atom. The van der Waals surface area contributed by atoms with Gasteiger partial charge in [-0.1, -0.05) is 19.8 Å². The zero-order valence-corrected chi connectivity index (χ0v) is 35.5. The normalized spacial score (nSPS) is 15.1. The van der Waals surface area contributed by atoms with Crippen LogP contribution in [0, 0.1) is 34.9 Å². The van der Waals surface area contributed by atoms with Crippen molar-refractivity contribution in [3.8, 4) is 24.2 Å². The number of carbonyl (C=O) groups is 2. The van der Waals surface area contributed by atoms with Gasteiger partial charge in [-0.2, -0.15) is 24.6 Å². The Kier molecular flexibility index (Phi) is 18.1. The Labute approximate surface area is 336 Å². The smallest absolute Gasteiger partial charge is 0.317 e. The number of nitrogens with one attached hydrogen (secondary N) is 3. The lowest BCUT2D eigenvalue weighted by molar-refractivity contribution is -0.193. The second kappa shape index (κ2) is 21.3. The number of amides is 1. The van der Waals surface area contributed by atoms with E-state index in [-0.39, 0.29) is 41.4 Å². The maximum Gasteiger partial charge on any atom is 0.317 e. The zero-order chi connectivity index (χ0) is 42.4. The van der Waals surface area contributed by atoms with Crippen molar-refractivity contribution >= 4 is 76.8 Å². The summed E-state index contributed by atoms with van der Waals surface area (Å²) < 4.78 is 36.3. The van der Waals surface area contributed by atoms with Crippen molar-refractivity contribution in [3.63, 3.8) is 0 Å². The molecule has 1 unspecified atom stereocenters. The zero-order valence-electron chi connectivity index (χ0n) is 32.2. The first-order valence-corrected chi connectivity index (χ1v) is 22.0. The summed E-state index contributed by atoms with van der Waals surface area (Å²) in [6.45, 7) is 10.6. The number of ether oxygens (including phenoxy) is 1. The highest BCUT2D eigenvalue weighted by Crippen LogP contribution is 2.37. The van der Waals surface area contributed by atoms with Gasteiger partial charge in [0.25, 0.3) is 5.91 Å². The maximum atomic E-state index is 14.5. The summed E-state index contributed by atoms with van der Waals surface area (Å²) in [6, 6.07) is 4.84. The average Bonchev–Trinajstić information content (AvgIpc) is 3.57. The molecule has 1 amide bonds. The molecule has 0 spiro atoms. The minimum atomic E-state index is -4.35. The van der Waals surface area contributed by atoms with Crippen LogP contribution in [0.2, 0.25) is 5.28 Å². The molecule has 2 aromatic heterocycles. The fourth-order valence-corrected chi connectivity index (χ4v) is 5.81. The predicted molar refractivity (Wildman–Crippen MR) is 214 cm³/mol. The molecule has 0 radical (unpaired) electrons. The molecule has 5 N–H and O–H groups in total. The van der Waals surface area contributed by atoms with E-state index in [4.69, 9.17) is 38.0 Å². The second-order valence-electron chi connectivity index (χ2n) is 13.6. The molecule has 5 rings (SSSR count). The Hall–Kier alpha value is -4.34. The Balaban J connectivity index is 0.000000308. The van der Waals surface area contributed by atoms with Crippen LogP contribution in [0.15, 0.2) is 17.1 Å². The lowest BCUT2D eigenvalue weighted by Crippen LogP contribution is -2.39. The quantitative estimate of drug-likeness (QED) is 0.112. The highest BCUT2D eigenvalue weighted by atomic mass is 35.5. The molecular weight excluding hydrogens is 812 g/mol. The van der Waals surface area contributed by atoms with Crippen LogP contribution in [-0.4, -0.2) is 103 Å². The molecule has 23 heteroatoms. The summed E-state index contributed by atoms with van der Waals surface area (Å²) in [7, 11) is -3.71. The standard InChI is InChI=1S/C18H17FN4O2S.C9H13ClN6.C3H8NO5P.C3H9S/c1-4-5-22-13-7-12(11(19)6-14(13)25-9-16(22)24)20-17-23-10-18(2,3)8-15(23)21-26-17;1-4-12-7-13-6(10)14-8(15-7)16-9(2,3)5-11;5-3(6)1-4-2-10(7,8)9;1-4(2)3/h1,6-7H,5,8-10H2,2-3H3;4H2,1-3H3,(H2,12,13,14,15,16);4H,1-2H2,(H,5,6)(H2,7,8,9);1-3H3/q;;;+1/p-1/b20-17-;;;. The van der Waals surface area contributed by atoms with Crippen molar-refractivity contribution in [2.24, 2.45) is 10.4 Å². The highest BCUT2D eigenvalue weighted by molar-refractivity contribution is 7.94. The number of aromatic nitrogens is 5. The lowest BCUT2D eigenvalue weighted by atomic mass is 9.92. The van der Waals surface area contributed by atoms with Crippen molar-refractivity contribution < 1.29 is 38.2 Å². The Morgan fingerprint density at radius 1 is 1.29 bits per heavy atom. The van der Waals surface area contributed by atoms with Crippen LogP contribution in [0.5, 0.6) is 5.75 Å². The van der Waals surface area contributed by atoms with Crippen molar-refractivity contribution in [1.82, 2.24) is 29.2 Å². The van der Waals surface area contributed by atoms with E-state index in [0.29, 0.717) is 39.6 Å². The van der Waals surface area contributed by atoms with Crippen LogP contribution in [0.25, 0.3) is 0 Å². The van der Waals surface area contributed by atoms with Crippen molar-refractivity contribution in [2.45, 2.75) is 53.1 Å². The van der Waals surface area contributed by atoms with Gasteiger partial charge in [-0.3, -0.25) is 19.8 Å². The van der Waals surface area contributed by atoms with Crippen LogP contribution in [0.4, 0.5) is 27.7 Å². The van der Waals surface area contributed by atoms with Crippen molar-refractivity contribution in [3.05, 3.63) is 33.9 Å². The number of carboxylic acids is 1. The number of carboxylic acid groups (broad SMARTS) is 1. The first-order valence-electron chi connectivity index (χ1n) is 16.6. The van der Waals surface area contributed by atoms with Gasteiger partial charge in [-0.05, 0) is 54.7 Å². The summed E-state index contributed by atoms with van der Waals surface area (Å²) in [5.41, 5.74) is -0.0777. The average molecular weight is 858 g/mol. The SMILES string of the molecule is C#CCN1C(=O)COc2cc(F)c(/N=c3\snc4n3CC(C)(C)C4)cc21.CCNc1nc(Cl)nc(NC(C)(C)C#N)n1.C[S+](C)C.O=C(O)CNCP(=O)([O-])O. The first kappa shape index (κ1) is 47.8. The van der Waals surface area contributed by atoms with E-state index in [1.807, 2.05) is 16.8 Å². The third kappa shape index (κ3) is 16.4. The van der Waals surface area contributed by atoms with E-state index >= 15 is 0 Å². The predicted octanol–water partition coefficient (Wildman–Crippen LogP) is 2.59. The maximum absolute atomic E-state index is 14.5. The van der Waals surface area contributed by atoms with Gasteiger partial charge in [0.05, 0.1) is 49.9 Å². The molecule has 306 valence electrons. The Morgan fingerprint density at radius 2 is 1.93 bits per heavy atom. The molecule has 3 aromatic rings. The molecule has 0 bridgehead atoms. The van der Waals surface area contributed by atoms with Gasteiger partial charge in [0.2, 0.25) is 22.0 Å². The van der Waals surface area contributed by atoms with Crippen LogP contribution in [-0.2, 0) is 38.0 Å². The van der Waals surface area contributed by atoms with Gasteiger partial charge < -0.3 is 39.4 Å². The van der Waals surface area contributed by atoms with Gasteiger partial charge in [-0.25, -0.2) is 9.38 Å². The molecule has 2 aliphatic heterocycles. The van der Waals surface area contributed by atoms with Crippen molar-refractivity contribution in [2.75, 3.05) is 66.8 Å². The van der Waals surface area contributed by atoms with Gasteiger partial charge in [0, 0.05) is 37.1 Å². The van der Waals surface area contributed by atoms with E-state index in [0.717, 1.165) is 18.8 Å². The number of rotatable bonds is 10. The van der Waals surface area contributed by atoms with Crippen LogP contribution in [0.1, 0.15) is 40.4 Å². The van der Waals surface area contributed by atoms with Crippen LogP contribution >= 0.6 is 30.7 Å². The van der Waals surface area contributed by atoms with Gasteiger partial charge in [-0.15, -0.1) is 6.42 Å². The molecule has 0 saturated carbocycles. The molecule has 1 atom stereocenters. The largest absolute Gasteiger partial charge is 0.778 e. The topological polar surface area (TPSA) is 256 Å². The number of hydrogen-bond acceptors (Lipinski definition) is 15. The first-order chi connectivity index (χ1) is 26.0. The number of carbonyl (C=O) groups excluding carboxylic acids is 1. The summed E-state index contributed by atoms with van der Waals surface area (Å²) in [5, 5.41) is 24.7. The number of hydrogen-bond donors (Lipinski definition) is 5. The Bertz CT molecular complexity index is 2040. The number of aliphatic carboxylic acids is 1. The van der Waals surface area contributed by atoms with E-state index in [1.165, 1.54) is 28.6 Å². The number of halogens is 2. The number of benzene rings is 1. The molecule has 1 aromatic carbocycles. The number of nitrogens with zero attached hydrogens (tertiary/aromatic N) is 8. The molecule has 4 heterocycles. The van der Waals surface area contributed by atoms with Gasteiger partial charge in [0.1, 0.15) is 30.4 Å². The summed E-state index contributed by atoms with van der Waals surface area (Å²) in [6.07, 6.45) is 12.1. The van der Waals surface area contributed by atoms with Crippen molar-refractivity contribution in [1.29, 1.82) is 5.26 Å². The summed E-state index contributed by atoms with van der Waals surface area (Å²) in [4.78, 5) is 58.2. The molecule has 0 saturated heterocycles. The fourth-order valence-electron chi connectivity index (χ4n) is 4.50. The summed E-state index contributed by atoms with van der Waals surface area (Å²) in [5.74, 6) is 2.42. The second-order valence-corrected chi connectivity index (χ2v) is 18.8.